The van der Waals surface area contributed by atoms with E-state index in [2.05, 4.69) is 28.8 Å². The van der Waals surface area contributed by atoms with Crippen LogP contribution < -0.4 is 10.6 Å². The summed E-state index contributed by atoms with van der Waals surface area (Å²) in [5, 5.41) is 6.96. The lowest BCUT2D eigenvalue weighted by Gasteiger charge is -2.15. The average molecular weight is 204 g/mol. The fourth-order valence-electron chi connectivity index (χ4n) is 2.33. The number of fused-ring (bicyclic) bond motifs is 1. The van der Waals surface area contributed by atoms with Crippen LogP contribution in [0.2, 0.25) is 0 Å². The molecule has 1 unspecified atom stereocenters. The maximum absolute atomic E-state index is 5.37. The van der Waals surface area contributed by atoms with Gasteiger partial charge in [0.25, 0.3) is 0 Å². The van der Waals surface area contributed by atoms with Crippen LogP contribution in [-0.4, -0.2) is 19.3 Å². The van der Waals surface area contributed by atoms with E-state index < -0.39 is 0 Å². The normalized spacial score (nSPS) is 24.1. The van der Waals surface area contributed by atoms with Crippen LogP contribution in [0.4, 0.5) is 5.69 Å². The van der Waals surface area contributed by atoms with E-state index in [-0.39, 0.29) is 0 Å². The zero-order valence-corrected chi connectivity index (χ0v) is 8.75. The van der Waals surface area contributed by atoms with Gasteiger partial charge < -0.3 is 15.4 Å². The van der Waals surface area contributed by atoms with Gasteiger partial charge in [0, 0.05) is 25.4 Å². The van der Waals surface area contributed by atoms with Crippen molar-refractivity contribution in [2.24, 2.45) is 0 Å². The van der Waals surface area contributed by atoms with Crippen molar-refractivity contribution in [2.45, 2.75) is 25.6 Å². The average Bonchev–Trinajstić information content (AvgIpc) is 2.87. The smallest absolute Gasteiger partial charge is 0.0668 e. The molecule has 1 aromatic rings. The van der Waals surface area contributed by atoms with E-state index in [0.717, 1.165) is 32.7 Å². The van der Waals surface area contributed by atoms with Crippen LogP contribution in [0.25, 0.3) is 0 Å². The minimum absolute atomic E-state index is 0.497. The van der Waals surface area contributed by atoms with Gasteiger partial charge in [-0.1, -0.05) is 12.1 Å². The Morgan fingerprint density at radius 1 is 1.33 bits per heavy atom. The molecule has 2 aliphatic heterocycles. The molecular formula is C12H16N2O. The van der Waals surface area contributed by atoms with Gasteiger partial charge in [0.2, 0.25) is 0 Å². The van der Waals surface area contributed by atoms with Crippen molar-refractivity contribution >= 4 is 5.69 Å². The predicted molar refractivity (Wildman–Crippen MR) is 59.8 cm³/mol. The number of rotatable bonds is 2. The van der Waals surface area contributed by atoms with Crippen molar-refractivity contribution in [3.05, 3.63) is 29.3 Å². The molecule has 1 aromatic carbocycles. The van der Waals surface area contributed by atoms with Gasteiger partial charge in [0.1, 0.15) is 0 Å². The summed E-state index contributed by atoms with van der Waals surface area (Å²) in [4.78, 5) is 0. The molecule has 1 saturated heterocycles. The summed E-state index contributed by atoms with van der Waals surface area (Å²) in [5.41, 5.74) is 4.15. The van der Waals surface area contributed by atoms with Crippen molar-refractivity contribution in [3.63, 3.8) is 0 Å². The molecule has 2 heterocycles. The quantitative estimate of drug-likeness (QED) is 0.765. The highest BCUT2D eigenvalue weighted by Gasteiger charge is 2.19. The Hall–Kier alpha value is -1.06. The molecule has 1 fully saturated rings. The molecule has 0 bridgehead atoms. The third-order valence-corrected chi connectivity index (χ3v) is 3.18. The summed E-state index contributed by atoms with van der Waals surface area (Å²) in [5.74, 6) is 0. The first kappa shape index (κ1) is 9.19. The lowest BCUT2D eigenvalue weighted by Crippen LogP contribution is -2.19. The fraction of sp³-hybridized carbons (Fsp3) is 0.500. The summed E-state index contributed by atoms with van der Waals surface area (Å²) in [6.45, 7) is 3.74. The largest absolute Gasteiger partial charge is 0.380 e. The molecule has 0 saturated carbocycles. The summed E-state index contributed by atoms with van der Waals surface area (Å²) in [7, 11) is 0. The molecule has 0 amide bonds. The molecule has 3 nitrogen and oxygen atoms in total. The molecule has 0 radical (unpaired) electrons. The number of hydrogen-bond acceptors (Lipinski definition) is 3. The van der Waals surface area contributed by atoms with E-state index >= 15 is 0 Å². The number of benzene rings is 1. The summed E-state index contributed by atoms with van der Waals surface area (Å²) in [6, 6.07) is 7.00. The highest BCUT2D eigenvalue weighted by atomic mass is 16.5. The lowest BCUT2D eigenvalue weighted by atomic mass is 10.1. The van der Waals surface area contributed by atoms with E-state index in [1.54, 1.807) is 0 Å². The SMILES string of the molecule is c1cc2c(c(NC3CCOC3)c1)CNC2. The Labute approximate surface area is 89.8 Å². The Morgan fingerprint density at radius 3 is 3.20 bits per heavy atom. The molecular weight excluding hydrogens is 188 g/mol. The van der Waals surface area contributed by atoms with Crippen molar-refractivity contribution in [1.29, 1.82) is 0 Å². The Bertz CT molecular complexity index is 359. The van der Waals surface area contributed by atoms with E-state index in [0.29, 0.717) is 6.04 Å². The third-order valence-electron chi connectivity index (χ3n) is 3.18. The molecule has 0 spiro atoms. The molecule has 0 aliphatic carbocycles. The van der Waals surface area contributed by atoms with Gasteiger partial charge in [-0.2, -0.15) is 0 Å². The van der Waals surface area contributed by atoms with Gasteiger partial charge >= 0.3 is 0 Å². The van der Waals surface area contributed by atoms with Gasteiger partial charge in [0.05, 0.1) is 12.6 Å². The van der Waals surface area contributed by atoms with Crippen molar-refractivity contribution < 1.29 is 4.74 Å². The first-order valence-corrected chi connectivity index (χ1v) is 5.59. The summed E-state index contributed by atoms with van der Waals surface area (Å²) in [6.07, 6.45) is 1.12. The van der Waals surface area contributed by atoms with Crippen LogP contribution in [0.3, 0.4) is 0 Å². The van der Waals surface area contributed by atoms with Crippen LogP contribution in [-0.2, 0) is 17.8 Å². The zero-order chi connectivity index (χ0) is 10.1. The minimum Gasteiger partial charge on any atom is -0.380 e. The molecule has 3 heteroatoms. The first-order valence-electron chi connectivity index (χ1n) is 5.59. The number of hydrogen-bond donors (Lipinski definition) is 2. The highest BCUT2D eigenvalue weighted by Crippen LogP contribution is 2.25. The van der Waals surface area contributed by atoms with E-state index in [1.807, 2.05) is 0 Å². The molecule has 2 N–H and O–H groups in total. The van der Waals surface area contributed by atoms with Crippen molar-refractivity contribution in [3.8, 4) is 0 Å². The fourth-order valence-corrected chi connectivity index (χ4v) is 2.33. The van der Waals surface area contributed by atoms with Crippen LogP contribution >= 0.6 is 0 Å². The Morgan fingerprint density at radius 2 is 2.33 bits per heavy atom. The monoisotopic (exact) mass is 204 g/mol. The molecule has 15 heavy (non-hydrogen) atoms. The maximum atomic E-state index is 5.37. The van der Waals surface area contributed by atoms with Crippen LogP contribution in [0.15, 0.2) is 18.2 Å². The number of ether oxygens (including phenoxy) is 1. The number of anilines is 1. The molecule has 3 rings (SSSR count). The predicted octanol–water partition coefficient (Wildman–Crippen LogP) is 1.49. The molecule has 1 atom stereocenters. The zero-order valence-electron chi connectivity index (χ0n) is 8.75. The van der Waals surface area contributed by atoms with Gasteiger partial charge in [-0.05, 0) is 23.6 Å². The first-order chi connectivity index (χ1) is 7.43. The van der Waals surface area contributed by atoms with E-state index in [4.69, 9.17) is 4.74 Å². The van der Waals surface area contributed by atoms with Gasteiger partial charge in [-0.15, -0.1) is 0 Å². The second-order valence-corrected chi connectivity index (χ2v) is 4.25. The molecule has 2 aliphatic rings. The second kappa shape index (κ2) is 3.83. The Kier molecular flexibility index (Phi) is 2.35. The minimum atomic E-state index is 0.497. The molecule has 0 aromatic heterocycles. The van der Waals surface area contributed by atoms with Gasteiger partial charge in [-0.3, -0.25) is 0 Å². The maximum Gasteiger partial charge on any atom is 0.0668 e. The van der Waals surface area contributed by atoms with Crippen LogP contribution in [0.5, 0.6) is 0 Å². The lowest BCUT2D eigenvalue weighted by molar-refractivity contribution is 0.195. The second-order valence-electron chi connectivity index (χ2n) is 4.25. The van der Waals surface area contributed by atoms with Gasteiger partial charge in [-0.25, -0.2) is 0 Å². The Balaban J connectivity index is 1.82. The standard InChI is InChI=1S/C12H16N2O/c1-2-9-6-13-7-11(9)12(3-1)14-10-4-5-15-8-10/h1-3,10,13-14H,4-8H2. The summed E-state index contributed by atoms with van der Waals surface area (Å²) < 4.78 is 5.37. The topological polar surface area (TPSA) is 33.3 Å². The van der Waals surface area contributed by atoms with Crippen molar-refractivity contribution in [2.75, 3.05) is 18.5 Å². The van der Waals surface area contributed by atoms with Crippen LogP contribution in [0.1, 0.15) is 17.5 Å². The number of nitrogens with one attached hydrogen (secondary N) is 2. The van der Waals surface area contributed by atoms with E-state index in [1.165, 1.54) is 16.8 Å². The highest BCUT2D eigenvalue weighted by molar-refractivity contribution is 5.56. The molecule has 80 valence electrons. The van der Waals surface area contributed by atoms with Crippen LogP contribution in [0, 0.1) is 0 Å². The van der Waals surface area contributed by atoms with Gasteiger partial charge in [0.15, 0.2) is 0 Å². The third kappa shape index (κ3) is 1.73. The summed E-state index contributed by atoms with van der Waals surface area (Å²) >= 11 is 0. The van der Waals surface area contributed by atoms with E-state index in [9.17, 15) is 0 Å². The van der Waals surface area contributed by atoms with Crippen molar-refractivity contribution in [1.82, 2.24) is 5.32 Å².